The summed E-state index contributed by atoms with van der Waals surface area (Å²) in [5, 5.41) is 0. The Kier molecular flexibility index (Phi) is 5.31. The fourth-order valence-corrected chi connectivity index (χ4v) is 5.98. The minimum atomic E-state index is 0.363. The third-order valence-corrected chi connectivity index (χ3v) is 7.64. The lowest BCUT2D eigenvalue weighted by molar-refractivity contribution is 0.132. The van der Waals surface area contributed by atoms with E-state index < -0.39 is 0 Å². The monoisotopic (exact) mass is 431 g/mol. The number of fused-ring (bicyclic) bond motifs is 3. The van der Waals surface area contributed by atoms with Crippen molar-refractivity contribution < 1.29 is 0 Å². The van der Waals surface area contributed by atoms with Crippen LogP contribution in [0.2, 0.25) is 0 Å². The zero-order valence-electron chi connectivity index (χ0n) is 19.0. The van der Waals surface area contributed by atoms with Crippen LogP contribution in [0.4, 0.5) is 5.95 Å². The molecule has 7 nitrogen and oxygen atoms in total. The van der Waals surface area contributed by atoms with Gasteiger partial charge in [0.15, 0.2) is 0 Å². The molecular weight excluding hydrogens is 398 g/mol. The Balaban J connectivity index is 1.23. The van der Waals surface area contributed by atoms with Gasteiger partial charge < -0.3 is 4.90 Å². The van der Waals surface area contributed by atoms with Gasteiger partial charge in [-0.2, -0.15) is 0 Å². The molecule has 2 aliphatic heterocycles. The number of imidazole rings is 1. The summed E-state index contributed by atoms with van der Waals surface area (Å²) in [7, 11) is 2.21. The summed E-state index contributed by atoms with van der Waals surface area (Å²) in [5.41, 5.74) is 4.74. The van der Waals surface area contributed by atoms with E-state index in [1.165, 1.54) is 43.5 Å². The largest absolute Gasteiger partial charge is 0.339 e. The van der Waals surface area contributed by atoms with Crippen LogP contribution in [0.3, 0.4) is 0 Å². The molecule has 2 atom stereocenters. The second kappa shape index (κ2) is 8.45. The first-order chi connectivity index (χ1) is 15.8. The molecule has 32 heavy (non-hydrogen) atoms. The first kappa shape index (κ1) is 20.1. The van der Waals surface area contributed by atoms with Gasteiger partial charge in [0.2, 0.25) is 5.95 Å². The smallest absolute Gasteiger partial charge is 0.211 e. The van der Waals surface area contributed by atoms with Crippen LogP contribution in [0.5, 0.6) is 0 Å². The normalized spacial score (nSPS) is 24.0. The lowest BCUT2D eigenvalue weighted by atomic mass is 9.91. The lowest BCUT2D eigenvalue weighted by Crippen LogP contribution is -2.55. The molecule has 3 aromatic heterocycles. The number of nitrogens with zero attached hydrogens (tertiary/aromatic N) is 7. The third kappa shape index (κ3) is 3.67. The van der Waals surface area contributed by atoms with Crippen molar-refractivity contribution in [2.45, 2.75) is 57.2 Å². The number of rotatable bonds is 4. The molecule has 0 saturated carbocycles. The summed E-state index contributed by atoms with van der Waals surface area (Å²) in [5.74, 6) is 1.04. The van der Waals surface area contributed by atoms with Gasteiger partial charge in [-0.15, -0.1) is 0 Å². The van der Waals surface area contributed by atoms with Crippen molar-refractivity contribution >= 4 is 11.6 Å². The van der Waals surface area contributed by atoms with E-state index in [4.69, 9.17) is 15.0 Å². The van der Waals surface area contributed by atoms with Crippen molar-refractivity contribution in [1.29, 1.82) is 0 Å². The van der Waals surface area contributed by atoms with E-state index in [0.29, 0.717) is 12.1 Å². The Morgan fingerprint density at radius 2 is 2.00 bits per heavy atom. The molecule has 3 aromatic rings. The van der Waals surface area contributed by atoms with Crippen LogP contribution in [0.15, 0.2) is 36.8 Å². The molecule has 1 unspecified atom stereocenters. The Hall–Kier alpha value is -2.51. The highest BCUT2D eigenvalue weighted by atomic mass is 15.4. The van der Waals surface area contributed by atoms with Crippen LogP contribution in [-0.4, -0.2) is 68.4 Å². The van der Waals surface area contributed by atoms with Crippen molar-refractivity contribution in [3.8, 4) is 0 Å². The van der Waals surface area contributed by atoms with Crippen LogP contribution in [-0.2, 0) is 13.0 Å². The fourth-order valence-electron chi connectivity index (χ4n) is 5.98. The van der Waals surface area contributed by atoms with Crippen LogP contribution in [0, 0.1) is 0 Å². The van der Waals surface area contributed by atoms with Gasteiger partial charge in [-0.05, 0) is 63.4 Å². The molecule has 2 saturated heterocycles. The molecule has 2 fully saturated rings. The van der Waals surface area contributed by atoms with Crippen LogP contribution in [0.1, 0.15) is 55.1 Å². The second-order valence-electron chi connectivity index (χ2n) is 9.71. The zero-order valence-corrected chi connectivity index (χ0v) is 19.0. The minimum absolute atomic E-state index is 0.363. The molecule has 1 aliphatic carbocycles. The van der Waals surface area contributed by atoms with Gasteiger partial charge in [-0.25, -0.2) is 9.97 Å². The Morgan fingerprint density at radius 3 is 2.97 bits per heavy atom. The molecule has 7 heteroatoms. The molecule has 0 aromatic carbocycles. The fraction of sp³-hybridized carbons (Fsp3) is 0.560. The molecule has 168 valence electrons. The molecule has 6 rings (SSSR count). The number of piperazine rings is 1. The Bertz CT molecular complexity index is 1090. The van der Waals surface area contributed by atoms with Crippen LogP contribution in [0.25, 0.3) is 5.65 Å². The van der Waals surface area contributed by atoms with Crippen molar-refractivity contribution in [3.63, 3.8) is 0 Å². The lowest BCUT2D eigenvalue weighted by Gasteiger charge is -2.44. The van der Waals surface area contributed by atoms with Gasteiger partial charge in [0.05, 0.1) is 17.4 Å². The summed E-state index contributed by atoms with van der Waals surface area (Å²) < 4.78 is 2.20. The first-order valence-electron chi connectivity index (χ1n) is 12.2. The number of anilines is 1. The van der Waals surface area contributed by atoms with Crippen molar-refractivity contribution in [1.82, 2.24) is 29.2 Å². The van der Waals surface area contributed by atoms with E-state index in [1.54, 1.807) is 0 Å². The van der Waals surface area contributed by atoms with E-state index >= 15 is 0 Å². The number of hydrogen-bond acceptors (Lipinski definition) is 6. The highest BCUT2D eigenvalue weighted by Gasteiger charge is 2.30. The number of aromatic nitrogens is 4. The molecule has 0 N–H and O–H groups in total. The van der Waals surface area contributed by atoms with E-state index in [-0.39, 0.29) is 0 Å². The average molecular weight is 432 g/mol. The average Bonchev–Trinajstić information content (AvgIpc) is 3.25. The highest BCUT2D eigenvalue weighted by molar-refractivity contribution is 5.48. The van der Waals surface area contributed by atoms with Gasteiger partial charge in [0.25, 0.3) is 0 Å². The van der Waals surface area contributed by atoms with Crippen LogP contribution >= 0.6 is 0 Å². The quantitative estimate of drug-likeness (QED) is 0.632. The van der Waals surface area contributed by atoms with Crippen molar-refractivity contribution in [2.75, 3.05) is 38.1 Å². The first-order valence-corrected chi connectivity index (χ1v) is 12.2. The maximum absolute atomic E-state index is 4.96. The van der Waals surface area contributed by atoms with Gasteiger partial charge in [-0.1, -0.05) is 12.5 Å². The summed E-state index contributed by atoms with van der Waals surface area (Å²) in [4.78, 5) is 22.0. The maximum atomic E-state index is 4.96. The summed E-state index contributed by atoms with van der Waals surface area (Å²) >= 11 is 0. The SMILES string of the molecule is CN(Cc1cn2c(N3CCN4CCCCC4C3)nccc2n1)[C@H]1CCCc2cccnc21. The highest BCUT2D eigenvalue weighted by Crippen LogP contribution is 2.33. The molecule has 3 aliphatic rings. The number of hydrogen-bond donors (Lipinski definition) is 0. The summed E-state index contributed by atoms with van der Waals surface area (Å²) in [6.07, 6.45) is 13.6. The molecule has 5 heterocycles. The molecular formula is C25H33N7. The van der Waals surface area contributed by atoms with Gasteiger partial charge in [0.1, 0.15) is 5.65 Å². The van der Waals surface area contributed by atoms with E-state index in [2.05, 4.69) is 44.5 Å². The van der Waals surface area contributed by atoms with E-state index in [0.717, 1.165) is 56.3 Å². The third-order valence-electron chi connectivity index (χ3n) is 7.64. The van der Waals surface area contributed by atoms with Gasteiger partial charge >= 0.3 is 0 Å². The van der Waals surface area contributed by atoms with Crippen LogP contribution < -0.4 is 4.90 Å². The van der Waals surface area contributed by atoms with Crippen molar-refractivity contribution in [3.05, 3.63) is 53.7 Å². The molecule has 0 amide bonds. The predicted octanol–water partition coefficient (Wildman–Crippen LogP) is 3.31. The Morgan fingerprint density at radius 1 is 1.03 bits per heavy atom. The van der Waals surface area contributed by atoms with Crippen molar-refractivity contribution in [2.24, 2.45) is 0 Å². The number of pyridine rings is 1. The standard InChI is InChI=1S/C25H33N7/c1-29(22-9-4-6-19-7-5-11-26-24(19)22)16-20-17-32-23(28-20)10-12-27-25(32)31-15-14-30-13-3-2-8-21(30)18-31/h5,7,10-12,17,21-22H,2-4,6,8-9,13-16,18H2,1H3/t21?,22-/m0/s1. The Labute approximate surface area is 190 Å². The molecule has 0 spiro atoms. The summed E-state index contributed by atoms with van der Waals surface area (Å²) in [6.45, 7) is 5.33. The van der Waals surface area contributed by atoms with Gasteiger partial charge in [-0.3, -0.25) is 19.2 Å². The van der Waals surface area contributed by atoms with E-state index in [1.807, 2.05) is 18.5 Å². The minimum Gasteiger partial charge on any atom is -0.339 e. The molecule has 0 radical (unpaired) electrons. The van der Waals surface area contributed by atoms with Gasteiger partial charge in [0, 0.05) is 50.8 Å². The number of piperidine rings is 1. The van der Waals surface area contributed by atoms with E-state index in [9.17, 15) is 0 Å². The molecule has 0 bridgehead atoms. The predicted molar refractivity (Wildman–Crippen MR) is 126 cm³/mol. The topological polar surface area (TPSA) is 52.8 Å². The number of aryl methyl sites for hydroxylation is 1. The zero-order chi connectivity index (χ0) is 21.5. The summed E-state index contributed by atoms with van der Waals surface area (Å²) in [6, 6.07) is 7.35. The maximum Gasteiger partial charge on any atom is 0.211 e. The second-order valence-corrected chi connectivity index (χ2v) is 9.71.